The minimum absolute atomic E-state index is 0.0465. The van der Waals surface area contributed by atoms with Gasteiger partial charge in [-0.3, -0.25) is 4.68 Å². The molecule has 0 aliphatic rings. The number of hydrogen-bond donors (Lipinski definition) is 1. The molecule has 0 radical (unpaired) electrons. The van der Waals surface area contributed by atoms with Crippen LogP contribution >= 0.6 is 0 Å². The molecule has 0 bridgehead atoms. The first-order chi connectivity index (χ1) is 8.65. The van der Waals surface area contributed by atoms with Crippen LogP contribution in [0.5, 0.6) is 5.75 Å². The van der Waals surface area contributed by atoms with Gasteiger partial charge in [-0.25, -0.2) is 0 Å². The molecule has 0 aliphatic heterocycles. The maximum atomic E-state index is 5.88. The van der Waals surface area contributed by atoms with Crippen molar-refractivity contribution in [2.75, 3.05) is 7.11 Å². The molecule has 0 aliphatic carbocycles. The van der Waals surface area contributed by atoms with E-state index in [0.717, 1.165) is 29.2 Å². The molecule has 4 heteroatoms. The number of hydrogen-bond acceptors (Lipinski definition) is 3. The molecule has 0 saturated heterocycles. The summed E-state index contributed by atoms with van der Waals surface area (Å²) >= 11 is 0. The molecule has 2 aromatic rings. The van der Waals surface area contributed by atoms with E-state index in [-0.39, 0.29) is 6.04 Å². The standard InChI is InChI=1S/C14H19N3O/c1-4-17-14(9-13(16-17)10(2)15)11-5-7-12(18-3)8-6-11/h5-10H,4,15H2,1-3H3. The van der Waals surface area contributed by atoms with Crippen molar-refractivity contribution in [1.82, 2.24) is 9.78 Å². The van der Waals surface area contributed by atoms with Gasteiger partial charge in [-0.1, -0.05) is 0 Å². The molecular formula is C14H19N3O. The van der Waals surface area contributed by atoms with Gasteiger partial charge in [0.25, 0.3) is 0 Å². The van der Waals surface area contributed by atoms with Gasteiger partial charge < -0.3 is 10.5 Å². The second-order valence-electron chi connectivity index (χ2n) is 4.29. The second kappa shape index (κ2) is 5.23. The fourth-order valence-corrected chi connectivity index (χ4v) is 1.89. The van der Waals surface area contributed by atoms with E-state index in [9.17, 15) is 0 Å². The van der Waals surface area contributed by atoms with Crippen LogP contribution < -0.4 is 10.5 Å². The average Bonchev–Trinajstić information content (AvgIpc) is 2.83. The average molecular weight is 245 g/mol. The van der Waals surface area contributed by atoms with E-state index in [1.54, 1.807) is 7.11 Å². The van der Waals surface area contributed by atoms with Gasteiger partial charge in [0, 0.05) is 18.2 Å². The zero-order chi connectivity index (χ0) is 13.1. The van der Waals surface area contributed by atoms with Crippen molar-refractivity contribution in [1.29, 1.82) is 0 Å². The number of rotatable bonds is 4. The number of aryl methyl sites for hydroxylation is 1. The van der Waals surface area contributed by atoms with E-state index in [4.69, 9.17) is 10.5 Å². The van der Waals surface area contributed by atoms with Crippen molar-refractivity contribution in [3.63, 3.8) is 0 Å². The fraction of sp³-hybridized carbons (Fsp3) is 0.357. The van der Waals surface area contributed by atoms with Crippen molar-refractivity contribution in [3.8, 4) is 17.0 Å². The van der Waals surface area contributed by atoms with Crippen molar-refractivity contribution >= 4 is 0 Å². The summed E-state index contributed by atoms with van der Waals surface area (Å²) < 4.78 is 7.14. The molecule has 1 heterocycles. The Kier molecular flexibility index (Phi) is 3.67. The third-order valence-electron chi connectivity index (χ3n) is 2.95. The van der Waals surface area contributed by atoms with Gasteiger partial charge in [0.1, 0.15) is 5.75 Å². The highest BCUT2D eigenvalue weighted by Crippen LogP contribution is 2.24. The Bertz CT molecular complexity index is 514. The smallest absolute Gasteiger partial charge is 0.118 e. The number of nitrogens with zero attached hydrogens (tertiary/aromatic N) is 2. The van der Waals surface area contributed by atoms with Crippen LogP contribution in [-0.4, -0.2) is 16.9 Å². The van der Waals surface area contributed by atoms with E-state index in [0.29, 0.717) is 0 Å². The molecular weight excluding hydrogens is 226 g/mol. The molecule has 0 saturated carbocycles. The molecule has 18 heavy (non-hydrogen) atoms. The number of ether oxygens (including phenoxy) is 1. The van der Waals surface area contributed by atoms with Crippen molar-refractivity contribution in [2.24, 2.45) is 5.73 Å². The molecule has 1 atom stereocenters. The van der Waals surface area contributed by atoms with Crippen molar-refractivity contribution in [3.05, 3.63) is 36.0 Å². The first-order valence-electron chi connectivity index (χ1n) is 6.13. The van der Waals surface area contributed by atoms with Gasteiger partial charge in [-0.2, -0.15) is 5.10 Å². The van der Waals surface area contributed by atoms with Gasteiger partial charge in [0.05, 0.1) is 18.5 Å². The molecule has 96 valence electrons. The van der Waals surface area contributed by atoms with Crippen molar-refractivity contribution in [2.45, 2.75) is 26.4 Å². The molecule has 1 aromatic heterocycles. The number of methoxy groups -OCH3 is 1. The summed E-state index contributed by atoms with van der Waals surface area (Å²) in [5.74, 6) is 0.855. The van der Waals surface area contributed by atoms with Crippen LogP contribution in [0.4, 0.5) is 0 Å². The molecule has 1 aromatic carbocycles. The minimum atomic E-state index is -0.0465. The summed E-state index contributed by atoms with van der Waals surface area (Å²) in [5.41, 5.74) is 9.01. The van der Waals surface area contributed by atoms with Gasteiger partial charge in [0.15, 0.2) is 0 Å². The van der Waals surface area contributed by atoms with E-state index in [1.807, 2.05) is 35.9 Å². The largest absolute Gasteiger partial charge is 0.497 e. The van der Waals surface area contributed by atoms with Gasteiger partial charge in [-0.15, -0.1) is 0 Å². The Labute approximate surface area is 107 Å². The molecule has 0 fully saturated rings. The maximum absolute atomic E-state index is 5.88. The summed E-state index contributed by atoms with van der Waals surface area (Å²) in [6.07, 6.45) is 0. The highest BCUT2D eigenvalue weighted by Gasteiger charge is 2.11. The lowest BCUT2D eigenvalue weighted by Crippen LogP contribution is -2.07. The van der Waals surface area contributed by atoms with Crippen LogP contribution in [0.2, 0.25) is 0 Å². The SMILES string of the molecule is CCn1nc(C(C)N)cc1-c1ccc(OC)cc1. The van der Waals surface area contributed by atoms with Crippen molar-refractivity contribution < 1.29 is 4.74 Å². The van der Waals surface area contributed by atoms with E-state index >= 15 is 0 Å². The van der Waals surface area contributed by atoms with Crippen LogP contribution in [0.1, 0.15) is 25.6 Å². The van der Waals surface area contributed by atoms with E-state index in [1.165, 1.54) is 0 Å². The highest BCUT2D eigenvalue weighted by molar-refractivity contribution is 5.61. The van der Waals surface area contributed by atoms with Crippen LogP contribution in [0.15, 0.2) is 30.3 Å². The molecule has 1 unspecified atom stereocenters. The first-order valence-corrected chi connectivity index (χ1v) is 6.13. The second-order valence-corrected chi connectivity index (χ2v) is 4.29. The van der Waals surface area contributed by atoms with Crippen LogP contribution in [0, 0.1) is 0 Å². The Morgan fingerprint density at radius 2 is 2.00 bits per heavy atom. The Balaban J connectivity index is 2.41. The summed E-state index contributed by atoms with van der Waals surface area (Å²) in [6, 6.07) is 9.98. The van der Waals surface area contributed by atoms with Gasteiger partial charge >= 0.3 is 0 Å². The Hall–Kier alpha value is -1.81. The predicted molar refractivity (Wildman–Crippen MR) is 72.5 cm³/mol. The van der Waals surface area contributed by atoms with E-state index < -0.39 is 0 Å². The lowest BCUT2D eigenvalue weighted by atomic mass is 10.1. The third kappa shape index (κ3) is 2.38. The molecule has 2 N–H and O–H groups in total. The summed E-state index contributed by atoms with van der Waals surface area (Å²) in [6.45, 7) is 4.85. The normalized spacial score (nSPS) is 12.4. The predicted octanol–water partition coefficient (Wildman–Crippen LogP) is 2.60. The number of nitrogens with two attached hydrogens (primary N) is 1. The topological polar surface area (TPSA) is 53.1 Å². The Morgan fingerprint density at radius 3 is 2.50 bits per heavy atom. The summed E-state index contributed by atoms with van der Waals surface area (Å²) in [4.78, 5) is 0. The summed E-state index contributed by atoms with van der Waals surface area (Å²) in [7, 11) is 1.67. The molecule has 0 spiro atoms. The zero-order valence-electron chi connectivity index (χ0n) is 11.1. The van der Waals surface area contributed by atoms with Crippen LogP contribution in [0.25, 0.3) is 11.3 Å². The fourth-order valence-electron chi connectivity index (χ4n) is 1.89. The number of aromatic nitrogens is 2. The van der Waals surface area contributed by atoms with Crippen LogP contribution in [0.3, 0.4) is 0 Å². The third-order valence-corrected chi connectivity index (χ3v) is 2.95. The lowest BCUT2D eigenvalue weighted by molar-refractivity contribution is 0.415. The first kappa shape index (κ1) is 12.6. The van der Waals surface area contributed by atoms with E-state index in [2.05, 4.69) is 18.1 Å². The highest BCUT2D eigenvalue weighted by atomic mass is 16.5. The minimum Gasteiger partial charge on any atom is -0.497 e. The quantitative estimate of drug-likeness (QED) is 0.900. The molecule has 0 amide bonds. The maximum Gasteiger partial charge on any atom is 0.118 e. The summed E-state index contributed by atoms with van der Waals surface area (Å²) in [5, 5.41) is 4.51. The lowest BCUT2D eigenvalue weighted by Gasteiger charge is -2.05. The zero-order valence-corrected chi connectivity index (χ0v) is 11.1. The molecule has 4 nitrogen and oxygen atoms in total. The van der Waals surface area contributed by atoms with Crippen LogP contribution in [-0.2, 0) is 6.54 Å². The monoisotopic (exact) mass is 245 g/mol. The Morgan fingerprint density at radius 1 is 1.33 bits per heavy atom. The van der Waals surface area contributed by atoms with Gasteiger partial charge in [0.2, 0.25) is 0 Å². The van der Waals surface area contributed by atoms with Gasteiger partial charge in [-0.05, 0) is 44.2 Å². The molecule has 2 rings (SSSR count). The number of benzene rings is 1.